The standard InChI is InChI=1S/C19H19N5O2S/c25-19(15-5-10-27-12-15)24-8-6-23(7-9-24)16-4-3-14(11-20-16)17-21-18(26-22-17)13-1-2-13/h3-5,10-13H,1-2,6-9H2. The van der Waals surface area contributed by atoms with Crippen LogP contribution >= 0.6 is 11.3 Å². The third kappa shape index (κ3) is 3.32. The highest BCUT2D eigenvalue weighted by atomic mass is 32.1. The zero-order chi connectivity index (χ0) is 18.2. The molecule has 1 aliphatic heterocycles. The van der Waals surface area contributed by atoms with Crippen molar-refractivity contribution in [2.24, 2.45) is 0 Å². The van der Waals surface area contributed by atoms with E-state index in [1.165, 1.54) is 0 Å². The molecule has 0 N–H and O–H groups in total. The third-order valence-electron chi connectivity index (χ3n) is 5.03. The molecule has 0 spiro atoms. The second-order valence-corrected chi connectivity index (χ2v) is 7.71. The normalized spacial score (nSPS) is 17.3. The molecule has 4 heterocycles. The second-order valence-electron chi connectivity index (χ2n) is 6.93. The van der Waals surface area contributed by atoms with Gasteiger partial charge in [-0.05, 0) is 36.4 Å². The first-order valence-corrected chi connectivity index (χ1v) is 10.1. The molecule has 1 saturated heterocycles. The van der Waals surface area contributed by atoms with Crippen LogP contribution in [0.2, 0.25) is 0 Å². The highest BCUT2D eigenvalue weighted by Gasteiger charge is 2.30. The number of carbonyl (C=O) groups excluding carboxylic acids is 1. The number of rotatable bonds is 4. The molecule has 1 aliphatic carbocycles. The number of hydrogen-bond acceptors (Lipinski definition) is 7. The monoisotopic (exact) mass is 381 g/mol. The molecule has 27 heavy (non-hydrogen) atoms. The minimum Gasteiger partial charge on any atom is -0.353 e. The molecule has 0 atom stereocenters. The lowest BCUT2D eigenvalue weighted by Crippen LogP contribution is -2.49. The highest BCUT2D eigenvalue weighted by Crippen LogP contribution is 2.39. The fourth-order valence-electron chi connectivity index (χ4n) is 3.26. The van der Waals surface area contributed by atoms with Crippen molar-refractivity contribution in [3.8, 4) is 11.4 Å². The zero-order valence-corrected chi connectivity index (χ0v) is 15.6. The Kier molecular flexibility index (Phi) is 4.12. The molecule has 3 aromatic rings. The summed E-state index contributed by atoms with van der Waals surface area (Å²) in [5.74, 6) is 2.81. The van der Waals surface area contributed by atoms with Gasteiger partial charge in [-0.3, -0.25) is 4.79 Å². The zero-order valence-electron chi connectivity index (χ0n) is 14.7. The lowest BCUT2D eigenvalue weighted by atomic mass is 10.2. The molecule has 5 rings (SSSR count). The minimum atomic E-state index is 0.114. The van der Waals surface area contributed by atoms with Crippen LogP contribution in [0.4, 0.5) is 5.82 Å². The number of thiophene rings is 1. The Hall–Kier alpha value is -2.74. The Morgan fingerprint density at radius 2 is 2.00 bits per heavy atom. The van der Waals surface area contributed by atoms with Gasteiger partial charge in [0.15, 0.2) is 0 Å². The van der Waals surface area contributed by atoms with Gasteiger partial charge in [-0.15, -0.1) is 0 Å². The highest BCUT2D eigenvalue weighted by molar-refractivity contribution is 7.08. The van der Waals surface area contributed by atoms with Crippen LogP contribution in [0.15, 0.2) is 39.7 Å². The predicted molar refractivity (Wildman–Crippen MR) is 102 cm³/mol. The van der Waals surface area contributed by atoms with Crippen LogP contribution in [0.3, 0.4) is 0 Å². The van der Waals surface area contributed by atoms with E-state index in [1.807, 2.05) is 33.9 Å². The van der Waals surface area contributed by atoms with Crippen molar-refractivity contribution in [1.29, 1.82) is 0 Å². The summed E-state index contributed by atoms with van der Waals surface area (Å²) >= 11 is 1.55. The van der Waals surface area contributed by atoms with E-state index in [9.17, 15) is 4.79 Å². The van der Waals surface area contributed by atoms with Crippen LogP contribution in [-0.2, 0) is 0 Å². The predicted octanol–water partition coefficient (Wildman–Crippen LogP) is 3.03. The van der Waals surface area contributed by atoms with Crippen LogP contribution in [0, 0.1) is 0 Å². The molecular formula is C19H19N5O2S. The van der Waals surface area contributed by atoms with Crippen LogP contribution < -0.4 is 4.90 Å². The Bertz CT molecular complexity index is 925. The lowest BCUT2D eigenvalue weighted by Gasteiger charge is -2.35. The largest absolute Gasteiger partial charge is 0.353 e. The molecule has 1 amide bonds. The van der Waals surface area contributed by atoms with Gasteiger partial charge in [0.25, 0.3) is 5.91 Å². The van der Waals surface area contributed by atoms with Gasteiger partial charge in [-0.25, -0.2) is 4.98 Å². The van der Waals surface area contributed by atoms with Crippen molar-refractivity contribution in [3.63, 3.8) is 0 Å². The van der Waals surface area contributed by atoms with E-state index in [4.69, 9.17) is 4.52 Å². The Balaban J connectivity index is 1.22. The van der Waals surface area contributed by atoms with E-state index >= 15 is 0 Å². The number of hydrogen-bond donors (Lipinski definition) is 0. The van der Waals surface area contributed by atoms with E-state index in [-0.39, 0.29) is 5.91 Å². The van der Waals surface area contributed by atoms with Crippen molar-refractivity contribution in [2.75, 3.05) is 31.1 Å². The van der Waals surface area contributed by atoms with Gasteiger partial charge < -0.3 is 14.3 Å². The van der Waals surface area contributed by atoms with Gasteiger partial charge in [0.1, 0.15) is 5.82 Å². The molecule has 0 unspecified atom stereocenters. The average molecular weight is 381 g/mol. The van der Waals surface area contributed by atoms with Crippen LogP contribution in [0.5, 0.6) is 0 Å². The quantitative estimate of drug-likeness (QED) is 0.691. The maximum Gasteiger partial charge on any atom is 0.254 e. The van der Waals surface area contributed by atoms with Crippen molar-refractivity contribution < 1.29 is 9.32 Å². The summed E-state index contributed by atoms with van der Waals surface area (Å²) in [6.07, 6.45) is 4.07. The summed E-state index contributed by atoms with van der Waals surface area (Å²) in [5.41, 5.74) is 1.64. The van der Waals surface area contributed by atoms with E-state index in [0.29, 0.717) is 24.8 Å². The summed E-state index contributed by atoms with van der Waals surface area (Å²) in [6.45, 7) is 2.95. The molecule has 138 valence electrons. The number of pyridine rings is 1. The Labute approximate surface area is 160 Å². The van der Waals surface area contributed by atoms with Crippen molar-refractivity contribution in [2.45, 2.75) is 18.8 Å². The lowest BCUT2D eigenvalue weighted by molar-refractivity contribution is 0.0747. The Morgan fingerprint density at radius 1 is 1.15 bits per heavy atom. The van der Waals surface area contributed by atoms with Gasteiger partial charge in [-0.2, -0.15) is 16.3 Å². The third-order valence-corrected chi connectivity index (χ3v) is 5.72. The molecule has 8 heteroatoms. The van der Waals surface area contributed by atoms with Crippen molar-refractivity contribution >= 4 is 23.1 Å². The molecule has 1 saturated carbocycles. The molecular weight excluding hydrogens is 362 g/mol. The number of nitrogens with zero attached hydrogens (tertiary/aromatic N) is 5. The summed E-state index contributed by atoms with van der Waals surface area (Å²) < 4.78 is 5.32. The molecule has 0 radical (unpaired) electrons. The van der Waals surface area contributed by atoms with Crippen LogP contribution in [-0.4, -0.2) is 52.1 Å². The fraction of sp³-hybridized carbons (Fsp3) is 0.368. The number of amides is 1. The number of carbonyl (C=O) groups is 1. The smallest absolute Gasteiger partial charge is 0.254 e. The first-order chi connectivity index (χ1) is 13.3. The second kappa shape index (κ2) is 6.77. The van der Waals surface area contributed by atoms with Crippen molar-refractivity contribution in [1.82, 2.24) is 20.0 Å². The van der Waals surface area contributed by atoms with E-state index in [0.717, 1.165) is 48.8 Å². The Morgan fingerprint density at radius 3 is 2.67 bits per heavy atom. The first kappa shape index (κ1) is 16.4. The number of anilines is 1. The SMILES string of the molecule is O=C(c1ccsc1)N1CCN(c2ccc(-c3noc(C4CC4)n3)cn2)CC1. The average Bonchev–Trinajstić information content (AvgIpc) is 3.22. The van der Waals surface area contributed by atoms with Gasteiger partial charge >= 0.3 is 0 Å². The molecule has 2 fully saturated rings. The summed E-state index contributed by atoms with van der Waals surface area (Å²) in [5, 5.41) is 7.90. The molecule has 0 aromatic carbocycles. The minimum absolute atomic E-state index is 0.114. The molecule has 3 aromatic heterocycles. The van der Waals surface area contributed by atoms with Gasteiger partial charge in [-0.1, -0.05) is 5.16 Å². The van der Waals surface area contributed by atoms with Gasteiger partial charge in [0.2, 0.25) is 11.7 Å². The van der Waals surface area contributed by atoms with Crippen molar-refractivity contribution in [3.05, 3.63) is 46.6 Å². The first-order valence-electron chi connectivity index (χ1n) is 9.14. The van der Waals surface area contributed by atoms with E-state index in [2.05, 4.69) is 20.0 Å². The number of aromatic nitrogens is 3. The maximum atomic E-state index is 12.4. The summed E-state index contributed by atoms with van der Waals surface area (Å²) in [4.78, 5) is 25.6. The number of piperazine rings is 1. The summed E-state index contributed by atoms with van der Waals surface area (Å²) in [6, 6.07) is 5.85. The van der Waals surface area contributed by atoms with Gasteiger partial charge in [0, 0.05) is 49.2 Å². The molecule has 0 bridgehead atoms. The van der Waals surface area contributed by atoms with E-state index < -0.39 is 0 Å². The maximum absolute atomic E-state index is 12.4. The summed E-state index contributed by atoms with van der Waals surface area (Å²) in [7, 11) is 0. The van der Waals surface area contributed by atoms with Gasteiger partial charge in [0.05, 0.1) is 5.56 Å². The molecule has 7 nitrogen and oxygen atoms in total. The van der Waals surface area contributed by atoms with Crippen LogP contribution in [0.1, 0.15) is 35.0 Å². The molecule has 2 aliphatic rings. The topological polar surface area (TPSA) is 75.4 Å². The van der Waals surface area contributed by atoms with Crippen LogP contribution in [0.25, 0.3) is 11.4 Å². The van der Waals surface area contributed by atoms with E-state index in [1.54, 1.807) is 17.5 Å². The fourth-order valence-corrected chi connectivity index (χ4v) is 3.89.